The van der Waals surface area contributed by atoms with E-state index < -0.39 is 10.2 Å². The van der Waals surface area contributed by atoms with E-state index in [4.69, 9.17) is 0 Å². The van der Waals surface area contributed by atoms with E-state index in [1.54, 1.807) is 11.4 Å². The number of fused-ring (bicyclic) bond motifs is 2. The van der Waals surface area contributed by atoms with E-state index >= 15 is 0 Å². The van der Waals surface area contributed by atoms with E-state index in [9.17, 15) is 8.42 Å². The van der Waals surface area contributed by atoms with Crippen LogP contribution in [-0.2, 0) is 10.2 Å². The molecule has 19 heavy (non-hydrogen) atoms. The van der Waals surface area contributed by atoms with Gasteiger partial charge in [-0.3, -0.25) is 0 Å². The van der Waals surface area contributed by atoms with Crippen LogP contribution in [0.5, 0.6) is 0 Å². The Morgan fingerprint density at radius 2 is 1.58 bits per heavy atom. The van der Waals surface area contributed by atoms with Crippen molar-refractivity contribution in [3.63, 3.8) is 0 Å². The number of hydrogen-bond donors (Lipinski definition) is 1. The molecule has 2 heterocycles. The summed E-state index contributed by atoms with van der Waals surface area (Å²) in [5.74, 6) is 0. The third-order valence-electron chi connectivity index (χ3n) is 4.36. The second-order valence-electron chi connectivity index (χ2n) is 5.37. The molecule has 0 aliphatic carbocycles. The van der Waals surface area contributed by atoms with Crippen molar-refractivity contribution in [2.75, 3.05) is 20.1 Å². The Balaban J connectivity index is 0.00000180. The largest absolute Gasteiger partial charge is 0.311 e. The third kappa shape index (κ3) is 3.42. The minimum absolute atomic E-state index is 0. The van der Waals surface area contributed by atoms with Crippen LogP contribution in [-0.4, -0.2) is 55.3 Å². The molecule has 7 heteroatoms. The summed E-state index contributed by atoms with van der Waals surface area (Å²) in [6.07, 6.45) is 4.29. The fraction of sp³-hybridized carbons (Fsp3) is 1.00. The maximum Gasteiger partial charge on any atom is 0.281 e. The van der Waals surface area contributed by atoms with Crippen molar-refractivity contribution >= 4 is 22.6 Å². The van der Waals surface area contributed by atoms with Gasteiger partial charge in [0, 0.05) is 38.3 Å². The van der Waals surface area contributed by atoms with Crippen LogP contribution in [0, 0.1) is 0 Å². The smallest absolute Gasteiger partial charge is 0.281 e. The molecule has 2 bridgehead atoms. The van der Waals surface area contributed by atoms with Crippen LogP contribution in [0.15, 0.2) is 0 Å². The molecule has 0 radical (unpaired) electrons. The first-order chi connectivity index (χ1) is 8.48. The molecule has 0 spiro atoms. The van der Waals surface area contributed by atoms with Crippen molar-refractivity contribution in [1.29, 1.82) is 0 Å². The molecule has 0 aromatic heterocycles. The predicted octanol–water partition coefficient (Wildman–Crippen LogP) is 1.21. The number of rotatable bonds is 5. The first kappa shape index (κ1) is 17.2. The molecule has 0 aromatic rings. The van der Waals surface area contributed by atoms with Crippen molar-refractivity contribution < 1.29 is 8.42 Å². The van der Waals surface area contributed by atoms with E-state index in [1.165, 1.54) is 17.1 Å². The summed E-state index contributed by atoms with van der Waals surface area (Å²) in [4.78, 5) is 0. The molecule has 0 saturated carbocycles. The Kier molecular flexibility index (Phi) is 6.07. The second-order valence-corrected chi connectivity index (χ2v) is 7.36. The molecule has 0 aromatic carbocycles. The first-order valence-corrected chi connectivity index (χ1v) is 8.37. The molecule has 2 saturated heterocycles. The van der Waals surface area contributed by atoms with Gasteiger partial charge in [0.05, 0.1) is 0 Å². The highest BCUT2D eigenvalue weighted by Gasteiger charge is 2.39. The van der Waals surface area contributed by atoms with Crippen LogP contribution in [0.2, 0.25) is 0 Å². The van der Waals surface area contributed by atoms with E-state index in [0.717, 1.165) is 12.8 Å². The van der Waals surface area contributed by atoms with Gasteiger partial charge in [0.2, 0.25) is 0 Å². The van der Waals surface area contributed by atoms with Crippen LogP contribution in [0.4, 0.5) is 0 Å². The fourth-order valence-electron chi connectivity index (χ4n) is 3.24. The molecule has 2 unspecified atom stereocenters. The van der Waals surface area contributed by atoms with E-state index in [1.807, 2.05) is 13.8 Å². The Labute approximate surface area is 123 Å². The summed E-state index contributed by atoms with van der Waals surface area (Å²) >= 11 is 0. The lowest BCUT2D eigenvalue weighted by molar-refractivity contribution is 0.238. The normalized spacial score (nSPS) is 30.7. The zero-order chi connectivity index (χ0) is 13.3. The molecule has 2 atom stereocenters. The van der Waals surface area contributed by atoms with Gasteiger partial charge in [-0.05, 0) is 25.7 Å². The molecule has 0 amide bonds. The average Bonchev–Trinajstić information content (AvgIpc) is 2.68. The minimum Gasteiger partial charge on any atom is -0.311 e. The maximum atomic E-state index is 12.5. The molecule has 1 N–H and O–H groups in total. The van der Waals surface area contributed by atoms with Gasteiger partial charge in [-0.2, -0.15) is 17.0 Å². The quantitative estimate of drug-likeness (QED) is 0.830. The van der Waals surface area contributed by atoms with Gasteiger partial charge in [-0.1, -0.05) is 13.8 Å². The van der Waals surface area contributed by atoms with Crippen LogP contribution < -0.4 is 5.32 Å². The van der Waals surface area contributed by atoms with Gasteiger partial charge in [0.25, 0.3) is 10.2 Å². The standard InChI is InChI=1S/C12H25N3O2S.ClH/c1-4-15(5-2)18(16,17)14(3)12-8-10-6-7-11(9-12)13-10;/h10-13H,4-9H2,1-3H3;1H. The Bertz CT molecular complexity index is 374. The zero-order valence-electron chi connectivity index (χ0n) is 12.0. The lowest BCUT2D eigenvalue weighted by Crippen LogP contribution is -2.52. The third-order valence-corrected chi connectivity index (χ3v) is 6.55. The SMILES string of the molecule is CCN(CC)S(=O)(=O)N(C)C1CC2CCC(C1)N2.Cl. The fourth-order valence-corrected chi connectivity index (χ4v) is 4.81. The van der Waals surface area contributed by atoms with Crippen LogP contribution in [0.1, 0.15) is 39.5 Å². The molecular weight excluding hydrogens is 286 g/mol. The van der Waals surface area contributed by atoms with Gasteiger partial charge >= 0.3 is 0 Å². The van der Waals surface area contributed by atoms with Gasteiger partial charge in [-0.25, -0.2) is 0 Å². The molecule has 2 fully saturated rings. The lowest BCUT2D eigenvalue weighted by atomic mass is 10.0. The summed E-state index contributed by atoms with van der Waals surface area (Å²) in [5.41, 5.74) is 0. The monoisotopic (exact) mass is 311 g/mol. The summed E-state index contributed by atoms with van der Waals surface area (Å²) in [7, 11) is -1.54. The van der Waals surface area contributed by atoms with Crippen molar-refractivity contribution in [2.45, 2.75) is 57.7 Å². The van der Waals surface area contributed by atoms with E-state index in [2.05, 4.69) is 5.32 Å². The van der Waals surface area contributed by atoms with E-state index in [-0.39, 0.29) is 18.4 Å². The van der Waals surface area contributed by atoms with Crippen molar-refractivity contribution in [1.82, 2.24) is 13.9 Å². The predicted molar refractivity (Wildman–Crippen MR) is 79.8 cm³/mol. The van der Waals surface area contributed by atoms with Crippen molar-refractivity contribution in [2.24, 2.45) is 0 Å². The molecule has 2 rings (SSSR count). The molecule has 5 nitrogen and oxygen atoms in total. The molecule has 2 aliphatic rings. The van der Waals surface area contributed by atoms with Crippen molar-refractivity contribution in [3.05, 3.63) is 0 Å². The van der Waals surface area contributed by atoms with Crippen LogP contribution in [0.25, 0.3) is 0 Å². The Morgan fingerprint density at radius 1 is 1.11 bits per heavy atom. The minimum atomic E-state index is -3.28. The average molecular weight is 312 g/mol. The number of hydrogen-bond acceptors (Lipinski definition) is 3. The van der Waals surface area contributed by atoms with Gasteiger partial charge in [0.1, 0.15) is 0 Å². The van der Waals surface area contributed by atoms with Gasteiger partial charge in [0.15, 0.2) is 0 Å². The Hall–Kier alpha value is 0.120. The summed E-state index contributed by atoms with van der Waals surface area (Å²) in [6.45, 7) is 4.87. The van der Waals surface area contributed by atoms with Crippen molar-refractivity contribution in [3.8, 4) is 0 Å². The van der Waals surface area contributed by atoms with Crippen LogP contribution in [0.3, 0.4) is 0 Å². The number of halogens is 1. The van der Waals surface area contributed by atoms with E-state index in [0.29, 0.717) is 25.2 Å². The maximum absolute atomic E-state index is 12.5. The Morgan fingerprint density at radius 3 is 2.00 bits per heavy atom. The molecule has 2 aliphatic heterocycles. The summed E-state index contributed by atoms with van der Waals surface area (Å²) in [5, 5.41) is 3.55. The van der Waals surface area contributed by atoms with Crippen LogP contribution >= 0.6 is 12.4 Å². The molecule has 114 valence electrons. The second kappa shape index (κ2) is 6.72. The highest BCUT2D eigenvalue weighted by Crippen LogP contribution is 2.30. The van der Waals surface area contributed by atoms with Gasteiger partial charge < -0.3 is 5.32 Å². The number of piperidine rings is 1. The first-order valence-electron chi connectivity index (χ1n) is 6.98. The topological polar surface area (TPSA) is 52.7 Å². The lowest BCUT2D eigenvalue weighted by Gasteiger charge is -2.36. The molecular formula is C12H26ClN3O2S. The highest BCUT2D eigenvalue weighted by molar-refractivity contribution is 7.86. The summed E-state index contributed by atoms with van der Waals surface area (Å²) < 4.78 is 28.1. The zero-order valence-corrected chi connectivity index (χ0v) is 13.6. The number of nitrogens with zero attached hydrogens (tertiary/aromatic N) is 2. The number of nitrogens with one attached hydrogen (secondary N) is 1. The highest BCUT2D eigenvalue weighted by atomic mass is 35.5. The van der Waals surface area contributed by atoms with Gasteiger partial charge in [-0.15, -0.1) is 12.4 Å². The summed E-state index contributed by atoms with van der Waals surface area (Å²) in [6, 6.07) is 1.19.